The number of aryl methyl sites for hydroxylation is 1. The lowest BCUT2D eigenvalue weighted by atomic mass is 9.88. The van der Waals surface area contributed by atoms with Crippen molar-refractivity contribution in [2.75, 3.05) is 7.05 Å². The summed E-state index contributed by atoms with van der Waals surface area (Å²) in [6.07, 6.45) is 2.04. The highest BCUT2D eigenvalue weighted by Gasteiger charge is 2.33. The Morgan fingerprint density at radius 1 is 1.44 bits per heavy atom. The first kappa shape index (κ1) is 11.5. The maximum atomic E-state index is 6.13. The van der Waals surface area contributed by atoms with Crippen LogP contribution in [0.1, 0.15) is 44.4 Å². The Kier molecular flexibility index (Phi) is 2.94. The topological polar surface area (TPSA) is 21.3 Å². The smallest absolute Gasteiger partial charge is 0.128 e. The van der Waals surface area contributed by atoms with Crippen molar-refractivity contribution in [3.8, 4) is 5.75 Å². The Labute approximate surface area is 98.0 Å². The molecule has 1 atom stereocenters. The number of para-hydroxylation sites is 1. The normalized spacial score (nSPS) is 22.4. The number of hydrogen-bond donors (Lipinski definition) is 1. The molecule has 16 heavy (non-hydrogen) atoms. The molecular weight excluding hydrogens is 198 g/mol. The zero-order valence-corrected chi connectivity index (χ0v) is 10.6. The number of fused-ring (bicyclic) bond motifs is 1. The number of benzene rings is 1. The molecular formula is C14H21NO. The SMILES string of the molecule is CCc1cccc2c1OC(C)(C)CC2NC. The molecule has 0 fully saturated rings. The van der Waals surface area contributed by atoms with Gasteiger partial charge in [0.05, 0.1) is 0 Å². The Balaban J connectivity index is 2.49. The van der Waals surface area contributed by atoms with Crippen molar-refractivity contribution in [3.05, 3.63) is 29.3 Å². The minimum atomic E-state index is -0.0774. The van der Waals surface area contributed by atoms with Crippen LogP contribution in [0.3, 0.4) is 0 Å². The van der Waals surface area contributed by atoms with Gasteiger partial charge in [-0.3, -0.25) is 0 Å². The van der Waals surface area contributed by atoms with Crippen molar-refractivity contribution in [1.82, 2.24) is 5.32 Å². The van der Waals surface area contributed by atoms with E-state index in [1.165, 1.54) is 11.1 Å². The molecule has 1 aromatic rings. The predicted octanol–water partition coefficient (Wildman–Crippen LogP) is 3.07. The zero-order chi connectivity index (χ0) is 11.8. The van der Waals surface area contributed by atoms with Gasteiger partial charge in [0.15, 0.2) is 0 Å². The Hall–Kier alpha value is -1.02. The summed E-state index contributed by atoms with van der Waals surface area (Å²) in [7, 11) is 2.02. The van der Waals surface area contributed by atoms with E-state index >= 15 is 0 Å². The van der Waals surface area contributed by atoms with E-state index in [9.17, 15) is 0 Å². The van der Waals surface area contributed by atoms with Crippen molar-refractivity contribution < 1.29 is 4.74 Å². The van der Waals surface area contributed by atoms with Crippen LogP contribution in [0.25, 0.3) is 0 Å². The van der Waals surface area contributed by atoms with Crippen LogP contribution in [0.5, 0.6) is 5.75 Å². The van der Waals surface area contributed by atoms with Crippen LogP contribution in [0.4, 0.5) is 0 Å². The summed E-state index contributed by atoms with van der Waals surface area (Å²) in [5.74, 6) is 1.10. The minimum absolute atomic E-state index is 0.0774. The highest BCUT2D eigenvalue weighted by molar-refractivity contribution is 5.45. The van der Waals surface area contributed by atoms with Gasteiger partial charge in [-0.2, -0.15) is 0 Å². The van der Waals surface area contributed by atoms with E-state index in [0.29, 0.717) is 6.04 Å². The first-order valence-electron chi connectivity index (χ1n) is 6.05. The average Bonchev–Trinajstić information content (AvgIpc) is 2.26. The van der Waals surface area contributed by atoms with Crippen LogP contribution in [0.15, 0.2) is 18.2 Å². The molecule has 0 spiro atoms. The van der Waals surface area contributed by atoms with Crippen LogP contribution < -0.4 is 10.1 Å². The summed E-state index contributed by atoms with van der Waals surface area (Å²) in [4.78, 5) is 0. The van der Waals surface area contributed by atoms with E-state index in [-0.39, 0.29) is 5.60 Å². The van der Waals surface area contributed by atoms with Gasteiger partial charge in [-0.25, -0.2) is 0 Å². The first-order valence-corrected chi connectivity index (χ1v) is 6.05. The molecule has 0 aromatic heterocycles. The van der Waals surface area contributed by atoms with Crippen molar-refractivity contribution >= 4 is 0 Å². The molecule has 0 aliphatic carbocycles. The summed E-state index contributed by atoms with van der Waals surface area (Å²) in [6, 6.07) is 6.87. The molecule has 1 unspecified atom stereocenters. The van der Waals surface area contributed by atoms with Crippen molar-refractivity contribution in [2.24, 2.45) is 0 Å². The highest BCUT2D eigenvalue weighted by atomic mass is 16.5. The van der Waals surface area contributed by atoms with Crippen LogP contribution in [0, 0.1) is 0 Å². The molecule has 0 saturated carbocycles. The zero-order valence-electron chi connectivity index (χ0n) is 10.6. The standard InChI is InChI=1S/C14H21NO/c1-5-10-7-6-8-11-12(15-4)9-14(2,3)16-13(10)11/h6-8,12,15H,5,9H2,1-4H3. The number of ether oxygens (including phenoxy) is 1. The van der Waals surface area contributed by atoms with E-state index in [1.54, 1.807) is 0 Å². The third-order valence-corrected chi connectivity index (χ3v) is 3.31. The molecule has 0 saturated heterocycles. The summed E-state index contributed by atoms with van der Waals surface area (Å²) in [6.45, 7) is 6.49. The lowest BCUT2D eigenvalue weighted by molar-refractivity contribution is 0.0663. The summed E-state index contributed by atoms with van der Waals surface area (Å²) < 4.78 is 6.13. The van der Waals surface area contributed by atoms with Gasteiger partial charge in [-0.15, -0.1) is 0 Å². The monoisotopic (exact) mass is 219 g/mol. The van der Waals surface area contributed by atoms with Gasteiger partial charge >= 0.3 is 0 Å². The molecule has 1 aliphatic rings. The molecule has 1 aromatic carbocycles. The summed E-state index contributed by atoms with van der Waals surface area (Å²) >= 11 is 0. The van der Waals surface area contributed by atoms with Gasteiger partial charge in [0, 0.05) is 18.0 Å². The third kappa shape index (κ3) is 1.94. The van der Waals surface area contributed by atoms with Crippen LogP contribution in [-0.2, 0) is 6.42 Å². The van der Waals surface area contributed by atoms with Crippen LogP contribution >= 0.6 is 0 Å². The molecule has 1 aliphatic heterocycles. The van der Waals surface area contributed by atoms with Gasteiger partial charge < -0.3 is 10.1 Å². The van der Waals surface area contributed by atoms with Crippen LogP contribution in [-0.4, -0.2) is 12.6 Å². The molecule has 1 N–H and O–H groups in total. The molecule has 2 rings (SSSR count). The molecule has 0 amide bonds. The van der Waals surface area contributed by atoms with E-state index in [0.717, 1.165) is 18.6 Å². The Morgan fingerprint density at radius 2 is 2.19 bits per heavy atom. The summed E-state index contributed by atoms with van der Waals surface area (Å²) in [5.41, 5.74) is 2.54. The molecule has 1 heterocycles. The Morgan fingerprint density at radius 3 is 2.81 bits per heavy atom. The van der Waals surface area contributed by atoms with E-state index < -0.39 is 0 Å². The summed E-state index contributed by atoms with van der Waals surface area (Å²) in [5, 5.41) is 3.39. The van der Waals surface area contributed by atoms with Gasteiger partial charge in [0.1, 0.15) is 11.4 Å². The van der Waals surface area contributed by atoms with Gasteiger partial charge in [0.2, 0.25) is 0 Å². The van der Waals surface area contributed by atoms with Crippen molar-refractivity contribution in [3.63, 3.8) is 0 Å². The second-order valence-corrected chi connectivity index (χ2v) is 5.10. The van der Waals surface area contributed by atoms with E-state index in [2.05, 4.69) is 44.3 Å². The molecule has 0 radical (unpaired) electrons. The fourth-order valence-electron chi connectivity index (χ4n) is 2.46. The van der Waals surface area contributed by atoms with E-state index in [4.69, 9.17) is 4.74 Å². The maximum absolute atomic E-state index is 6.13. The lowest BCUT2D eigenvalue weighted by Gasteiger charge is -2.38. The Bertz CT molecular complexity index is 384. The van der Waals surface area contributed by atoms with Crippen LogP contribution in [0.2, 0.25) is 0 Å². The van der Waals surface area contributed by atoms with Crippen molar-refractivity contribution in [2.45, 2.75) is 45.3 Å². The largest absolute Gasteiger partial charge is 0.487 e. The molecule has 2 heteroatoms. The second kappa shape index (κ2) is 4.10. The molecule has 2 nitrogen and oxygen atoms in total. The number of nitrogens with one attached hydrogen (secondary N) is 1. The maximum Gasteiger partial charge on any atom is 0.128 e. The average molecular weight is 219 g/mol. The first-order chi connectivity index (χ1) is 7.57. The minimum Gasteiger partial charge on any atom is -0.487 e. The number of hydrogen-bond acceptors (Lipinski definition) is 2. The fourth-order valence-corrected chi connectivity index (χ4v) is 2.46. The predicted molar refractivity (Wildman–Crippen MR) is 66.9 cm³/mol. The van der Waals surface area contributed by atoms with Gasteiger partial charge in [0.25, 0.3) is 0 Å². The highest BCUT2D eigenvalue weighted by Crippen LogP contribution is 2.41. The van der Waals surface area contributed by atoms with Gasteiger partial charge in [-0.05, 0) is 32.9 Å². The van der Waals surface area contributed by atoms with E-state index in [1.807, 2.05) is 7.05 Å². The third-order valence-electron chi connectivity index (χ3n) is 3.31. The fraction of sp³-hybridized carbons (Fsp3) is 0.571. The van der Waals surface area contributed by atoms with Gasteiger partial charge in [-0.1, -0.05) is 25.1 Å². The molecule has 0 bridgehead atoms. The number of rotatable bonds is 2. The lowest BCUT2D eigenvalue weighted by Crippen LogP contribution is -2.38. The molecule has 88 valence electrons. The van der Waals surface area contributed by atoms with Crippen molar-refractivity contribution in [1.29, 1.82) is 0 Å². The quantitative estimate of drug-likeness (QED) is 0.825. The second-order valence-electron chi connectivity index (χ2n) is 5.10.